The van der Waals surface area contributed by atoms with Gasteiger partial charge >= 0.3 is 11.9 Å². The van der Waals surface area contributed by atoms with Crippen LogP contribution >= 0.6 is 23.3 Å². The third-order valence-electron chi connectivity index (χ3n) is 7.62. The maximum absolute atomic E-state index is 13.1. The van der Waals surface area contributed by atoms with Crippen LogP contribution in [0.1, 0.15) is 44.5 Å². The Balaban J connectivity index is 1.31. The van der Waals surface area contributed by atoms with Gasteiger partial charge in [-0.1, -0.05) is 12.2 Å². The van der Waals surface area contributed by atoms with Crippen molar-refractivity contribution in [1.29, 1.82) is 0 Å². The molecule has 48 heavy (non-hydrogen) atoms. The molecule has 1 aromatic heterocycles. The van der Waals surface area contributed by atoms with Crippen LogP contribution in [0, 0.1) is 4.91 Å². The lowest BCUT2D eigenvalue weighted by molar-refractivity contribution is -0.150. The molecule has 2 saturated heterocycles. The molecule has 2 fully saturated rings. The van der Waals surface area contributed by atoms with Gasteiger partial charge < -0.3 is 36.4 Å². The Labute approximate surface area is 281 Å². The van der Waals surface area contributed by atoms with Gasteiger partial charge in [-0.05, 0) is 37.1 Å². The Morgan fingerprint density at radius 1 is 1.21 bits per heavy atom. The molecule has 1 aromatic rings. The molecule has 21 heteroatoms. The summed E-state index contributed by atoms with van der Waals surface area (Å²) in [6.07, 6.45) is 4.88. The molecule has 0 aromatic carbocycles. The van der Waals surface area contributed by atoms with E-state index in [4.69, 9.17) is 5.11 Å². The molecule has 5 unspecified atom stereocenters. The number of hydrogen-bond acceptors (Lipinski definition) is 14. The molecule has 0 spiro atoms. The van der Waals surface area contributed by atoms with E-state index in [0.29, 0.717) is 36.6 Å². The van der Waals surface area contributed by atoms with Gasteiger partial charge in [0.15, 0.2) is 5.82 Å². The maximum Gasteiger partial charge on any atom is 0.352 e. The number of carbonyl (C=O) groups excluding carboxylic acids is 5. The molecule has 19 nitrogen and oxygen atoms in total. The molecular weight excluding hydrogens is 674 g/mol. The van der Waals surface area contributed by atoms with Gasteiger partial charge in [0.2, 0.25) is 29.4 Å². The fourth-order valence-electron chi connectivity index (χ4n) is 5.09. The van der Waals surface area contributed by atoms with Gasteiger partial charge in [-0.3, -0.25) is 33.7 Å². The average molecular weight is 708 g/mol. The third-order valence-corrected chi connectivity index (χ3v) is 9.57. The standard InChI is InChI=1S/C27H33N9O10S2/c1-13(25(42)43)29-16(38)5-6-17(39)30-27-32-21(34-48-27)18(33-46)22(40)31-19-23(41)36-20(26(44)45)14(11-47-24(19)36)4-2-3-9-35(12-37)15-7-8-28-10-15/h2,4,12-13,15,18-19,24,28H,3,5-11H2,1H3,(H,29,38)(H,31,40)(H,42,43)(H,44,45)(H,30,32,34,39). The lowest BCUT2D eigenvalue weighted by Crippen LogP contribution is -2.70. The zero-order chi connectivity index (χ0) is 35.0. The fourth-order valence-corrected chi connectivity index (χ4v) is 7.02. The zero-order valence-corrected chi connectivity index (χ0v) is 27.1. The van der Waals surface area contributed by atoms with Gasteiger partial charge in [0, 0.05) is 49.3 Å². The van der Waals surface area contributed by atoms with Crippen molar-refractivity contribution in [1.82, 2.24) is 35.1 Å². The number of nitrogens with zero attached hydrogens (tertiary/aromatic N) is 5. The van der Waals surface area contributed by atoms with E-state index in [1.807, 2.05) is 0 Å². The van der Waals surface area contributed by atoms with Crippen molar-refractivity contribution in [3.05, 3.63) is 34.2 Å². The smallest absolute Gasteiger partial charge is 0.352 e. The zero-order valence-electron chi connectivity index (χ0n) is 25.5. The second-order valence-corrected chi connectivity index (χ2v) is 12.8. The van der Waals surface area contributed by atoms with Crippen molar-refractivity contribution < 1.29 is 43.8 Å². The molecule has 5 amide bonds. The normalized spacial score (nSPS) is 21.5. The average Bonchev–Trinajstić information content (AvgIpc) is 3.75. The van der Waals surface area contributed by atoms with Crippen LogP contribution in [-0.2, 0) is 33.6 Å². The van der Waals surface area contributed by atoms with Gasteiger partial charge in [-0.25, -0.2) is 9.78 Å². The first-order valence-electron chi connectivity index (χ1n) is 14.7. The molecule has 0 radical (unpaired) electrons. The number of fused-ring (bicyclic) bond motifs is 1. The Morgan fingerprint density at radius 3 is 2.60 bits per heavy atom. The van der Waals surface area contributed by atoms with E-state index in [9.17, 15) is 43.6 Å². The number of carboxylic acids is 2. The van der Waals surface area contributed by atoms with Gasteiger partial charge in [-0.15, -0.1) is 16.7 Å². The first-order valence-corrected chi connectivity index (χ1v) is 16.5. The summed E-state index contributed by atoms with van der Waals surface area (Å²) in [6, 6.07) is -3.96. The molecule has 0 saturated carbocycles. The lowest BCUT2D eigenvalue weighted by atomic mass is 10.0. The van der Waals surface area contributed by atoms with Crippen LogP contribution in [0.4, 0.5) is 5.13 Å². The van der Waals surface area contributed by atoms with Crippen molar-refractivity contribution in [3.63, 3.8) is 0 Å². The number of carbonyl (C=O) groups is 7. The number of carboxylic acid groups (broad SMARTS) is 2. The molecule has 258 valence electrons. The lowest BCUT2D eigenvalue weighted by Gasteiger charge is -2.49. The van der Waals surface area contributed by atoms with Gasteiger partial charge in [0.1, 0.15) is 23.2 Å². The van der Waals surface area contributed by atoms with E-state index in [-0.39, 0.29) is 41.3 Å². The van der Waals surface area contributed by atoms with E-state index in [1.54, 1.807) is 17.1 Å². The second kappa shape index (κ2) is 16.4. The predicted octanol–water partition coefficient (Wildman–Crippen LogP) is -0.841. The highest BCUT2D eigenvalue weighted by molar-refractivity contribution is 8.00. The number of thioether (sulfide) groups is 1. The molecule has 0 bridgehead atoms. The van der Waals surface area contributed by atoms with Gasteiger partial charge in [0.25, 0.3) is 11.8 Å². The van der Waals surface area contributed by atoms with E-state index in [1.165, 1.54) is 18.7 Å². The summed E-state index contributed by atoms with van der Waals surface area (Å²) in [4.78, 5) is 103. The van der Waals surface area contributed by atoms with Gasteiger partial charge in [0.05, 0.1) is 0 Å². The number of allylic oxidation sites excluding steroid dienone is 1. The summed E-state index contributed by atoms with van der Waals surface area (Å²) in [6.45, 7) is 3.27. The van der Waals surface area contributed by atoms with Crippen molar-refractivity contribution >= 4 is 70.4 Å². The van der Waals surface area contributed by atoms with E-state index < -0.39 is 59.1 Å². The number of aliphatic carboxylic acids is 2. The van der Waals surface area contributed by atoms with Crippen LogP contribution in [0.5, 0.6) is 0 Å². The summed E-state index contributed by atoms with van der Waals surface area (Å²) in [5, 5.41) is 30.8. The Morgan fingerprint density at radius 2 is 1.96 bits per heavy atom. The van der Waals surface area contributed by atoms with Crippen LogP contribution in [0.25, 0.3) is 0 Å². The third kappa shape index (κ3) is 8.58. The minimum Gasteiger partial charge on any atom is -0.480 e. The highest BCUT2D eigenvalue weighted by Gasteiger charge is 2.54. The number of β-lactam (4-membered cyclic amide) rings is 1. The number of nitroso groups, excluding NO2 is 1. The largest absolute Gasteiger partial charge is 0.480 e. The van der Waals surface area contributed by atoms with E-state index >= 15 is 0 Å². The number of amides is 5. The molecule has 5 atom stereocenters. The summed E-state index contributed by atoms with van der Waals surface area (Å²) in [5.74, 6) is -5.72. The molecule has 0 aliphatic carbocycles. The Hall–Kier alpha value is -4.76. The van der Waals surface area contributed by atoms with Crippen LogP contribution in [0.15, 0.2) is 28.6 Å². The SMILES string of the molecule is CC(NC(=O)CCC(=O)Nc1nc(C(N=O)C(=O)NC2C(=O)N3C(C(=O)O)=C(C=CCCN(C=O)C4CCNC4)CSC23)ns1)C(=O)O. The number of anilines is 1. The molecule has 3 aliphatic heterocycles. The monoisotopic (exact) mass is 707 g/mol. The number of rotatable bonds is 17. The summed E-state index contributed by atoms with van der Waals surface area (Å²) >= 11 is 1.86. The van der Waals surface area contributed by atoms with Crippen LogP contribution in [0.2, 0.25) is 0 Å². The fraction of sp³-hybridized carbons (Fsp3) is 0.519. The number of aromatic nitrogens is 2. The molecule has 4 heterocycles. The summed E-state index contributed by atoms with van der Waals surface area (Å²) in [7, 11) is 0. The molecule has 4 rings (SSSR count). The predicted molar refractivity (Wildman–Crippen MR) is 169 cm³/mol. The quantitative estimate of drug-likeness (QED) is 0.0655. The molecule has 3 aliphatic rings. The minimum absolute atomic E-state index is 0.101. The van der Waals surface area contributed by atoms with Crippen LogP contribution in [-0.4, -0.2) is 120 Å². The van der Waals surface area contributed by atoms with Crippen molar-refractivity contribution in [3.8, 4) is 0 Å². The molecule has 6 N–H and O–H groups in total. The number of hydrogen-bond donors (Lipinski definition) is 6. The van der Waals surface area contributed by atoms with E-state index in [2.05, 4.69) is 35.8 Å². The topological polar surface area (TPSA) is 270 Å². The molecular formula is C27H33N9O10S2. The highest BCUT2D eigenvalue weighted by atomic mass is 32.2. The van der Waals surface area contributed by atoms with Crippen LogP contribution in [0.3, 0.4) is 0 Å². The van der Waals surface area contributed by atoms with Crippen molar-refractivity contribution in [2.45, 2.75) is 62.1 Å². The van der Waals surface area contributed by atoms with Crippen LogP contribution < -0.4 is 21.3 Å². The number of nitrogens with one attached hydrogen (secondary N) is 4. The van der Waals surface area contributed by atoms with Gasteiger partial charge in [-0.2, -0.15) is 4.37 Å². The summed E-state index contributed by atoms with van der Waals surface area (Å²) in [5.41, 5.74) is 0.171. The highest BCUT2D eigenvalue weighted by Crippen LogP contribution is 2.41. The minimum atomic E-state index is -1.79. The Kier molecular flexibility index (Phi) is 12.3. The first kappa shape index (κ1) is 36.1. The second-order valence-electron chi connectivity index (χ2n) is 10.9. The van der Waals surface area contributed by atoms with Crippen molar-refractivity contribution in [2.24, 2.45) is 5.18 Å². The first-order chi connectivity index (χ1) is 22.9. The summed E-state index contributed by atoms with van der Waals surface area (Å²) < 4.78 is 3.88. The Bertz CT molecular complexity index is 1530. The maximum atomic E-state index is 13.1. The van der Waals surface area contributed by atoms with E-state index in [0.717, 1.165) is 24.3 Å². The van der Waals surface area contributed by atoms with Crippen molar-refractivity contribution in [2.75, 3.05) is 30.7 Å².